The second kappa shape index (κ2) is 5.97. The minimum atomic E-state index is -0.387. The van der Waals surface area contributed by atoms with Crippen LogP contribution < -0.4 is 5.32 Å². The first kappa shape index (κ1) is 13.1. The van der Waals surface area contributed by atoms with E-state index in [1.165, 1.54) is 18.2 Å². The Labute approximate surface area is 99.8 Å². The normalized spacial score (nSPS) is 10.8. The highest BCUT2D eigenvalue weighted by molar-refractivity contribution is 6.30. The standard InChI is InChI=1S/C12H15ClFNO/c1-8(2)15-7-11(16)6-9-5-10(13)3-4-12(9)14/h3-5,8,15H,6-7H2,1-2H3. The number of nitrogens with one attached hydrogen (secondary N) is 1. The van der Waals surface area contributed by atoms with Gasteiger partial charge >= 0.3 is 0 Å². The van der Waals surface area contributed by atoms with Gasteiger partial charge in [-0.25, -0.2) is 4.39 Å². The van der Waals surface area contributed by atoms with Crippen LogP contribution in [0.25, 0.3) is 0 Å². The summed E-state index contributed by atoms with van der Waals surface area (Å²) in [5.41, 5.74) is 0.350. The van der Waals surface area contributed by atoms with Crippen molar-refractivity contribution in [2.75, 3.05) is 6.54 Å². The SMILES string of the molecule is CC(C)NCC(=O)Cc1cc(Cl)ccc1F. The molecule has 16 heavy (non-hydrogen) atoms. The topological polar surface area (TPSA) is 29.1 Å². The summed E-state index contributed by atoms with van der Waals surface area (Å²) in [7, 11) is 0. The van der Waals surface area contributed by atoms with Gasteiger partial charge in [0, 0.05) is 17.5 Å². The van der Waals surface area contributed by atoms with Crippen LogP contribution in [-0.2, 0) is 11.2 Å². The quantitative estimate of drug-likeness (QED) is 0.861. The Morgan fingerprint density at radius 2 is 2.19 bits per heavy atom. The van der Waals surface area contributed by atoms with E-state index in [9.17, 15) is 9.18 Å². The Morgan fingerprint density at radius 1 is 1.50 bits per heavy atom. The molecule has 1 rings (SSSR count). The summed E-state index contributed by atoms with van der Waals surface area (Å²) in [6.45, 7) is 4.16. The molecule has 0 unspecified atom stereocenters. The lowest BCUT2D eigenvalue weighted by Gasteiger charge is -2.07. The van der Waals surface area contributed by atoms with Crippen molar-refractivity contribution >= 4 is 17.4 Å². The van der Waals surface area contributed by atoms with Crippen molar-refractivity contribution in [1.82, 2.24) is 5.32 Å². The molecule has 1 aromatic carbocycles. The van der Waals surface area contributed by atoms with Crippen LogP contribution in [0.4, 0.5) is 4.39 Å². The number of rotatable bonds is 5. The number of carbonyl (C=O) groups is 1. The van der Waals surface area contributed by atoms with E-state index in [0.717, 1.165) is 0 Å². The van der Waals surface area contributed by atoms with Gasteiger partial charge in [0.2, 0.25) is 0 Å². The van der Waals surface area contributed by atoms with E-state index in [4.69, 9.17) is 11.6 Å². The Morgan fingerprint density at radius 3 is 2.81 bits per heavy atom. The van der Waals surface area contributed by atoms with Gasteiger partial charge in [-0.2, -0.15) is 0 Å². The van der Waals surface area contributed by atoms with Crippen molar-refractivity contribution in [1.29, 1.82) is 0 Å². The number of hydrogen-bond acceptors (Lipinski definition) is 2. The lowest BCUT2D eigenvalue weighted by Crippen LogP contribution is -2.30. The first-order valence-corrected chi connectivity index (χ1v) is 5.56. The van der Waals surface area contributed by atoms with E-state index in [1.54, 1.807) is 0 Å². The predicted octanol–water partition coefficient (Wildman–Crippen LogP) is 2.59. The van der Waals surface area contributed by atoms with Crippen molar-refractivity contribution in [3.63, 3.8) is 0 Å². The molecule has 0 atom stereocenters. The Kier molecular flexibility index (Phi) is 4.90. The van der Waals surface area contributed by atoms with Gasteiger partial charge in [0.15, 0.2) is 5.78 Å². The molecular weight excluding hydrogens is 229 g/mol. The summed E-state index contributed by atoms with van der Waals surface area (Å²) in [6.07, 6.45) is 0.0755. The van der Waals surface area contributed by atoms with E-state index in [0.29, 0.717) is 10.6 Å². The van der Waals surface area contributed by atoms with Crippen LogP contribution in [0.15, 0.2) is 18.2 Å². The molecular formula is C12H15ClFNO. The Balaban J connectivity index is 2.59. The zero-order valence-corrected chi connectivity index (χ0v) is 10.1. The fourth-order valence-corrected chi connectivity index (χ4v) is 1.47. The number of ketones is 1. The number of Topliss-reactive ketones (excluding diaryl/α,β-unsaturated/α-hetero) is 1. The van der Waals surface area contributed by atoms with Crippen LogP contribution in [0.3, 0.4) is 0 Å². The van der Waals surface area contributed by atoms with Crippen LogP contribution in [0.1, 0.15) is 19.4 Å². The van der Waals surface area contributed by atoms with Crippen molar-refractivity contribution in [3.8, 4) is 0 Å². The van der Waals surface area contributed by atoms with Gasteiger partial charge in [-0.1, -0.05) is 25.4 Å². The average molecular weight is 244 g/mol. The molecule has 1 N–H and O–H groups in total. The molecule has 0 spiro atoms. The van der Waals surface area contributed by atoms with Gasteiger partial charge in [0.25, 0.3) is 0 Å². The summed E-state index contributed by atoms with van der Waals surface area (Å²) >= 11 is 5.73. The maximum Gasteiger partial charge on any atom is 0.151 e. The van der Waals surface area contributed by atoms with E-state index in [2.05, 4.69) is 5.32 Å². The Bertz CT molecular complexity index is 379. The van der Waals surface area contributed by atoms with Gasteiger partial charge in [-0.05, 0) is 23.8 Å². The molecule has 0 aliphatic rings. The van der Waals surface area contributed by atoms with Crippen molar-refractivity contribution < 1.29 is 9.18 Å². The molecule has 1 aromatic rings. The summed E-state index contributed by atoms with van der Waals surface area (Å²) in [5, 5.41) is 3.44. The van der Waals surface area contributed by atoms with Crippen molar-refractivity contribution in [2.24, 2.45) is 0 Å². The van der Waals surface area contributed by atoms with Gasteiger partial charge in [0.05, 0.1) is 6.54 Å². The van der Waals surface area contributed by atoms with E-state index < -0.39 is 0 Å². The zero-order chi connectivity index (χ0) is 12.1. The van der Waals surface area contributed by atoms with Crippen LogP contribution in [0.5, 0.6) is 0 Å². The number of benzene rings is 1. The largest absolute Gasteiger partial charge is 0.308 e. The molecule has 88 valence electrons. The maximum absolute atomic E-state index is 13.3. The third kappa shape index (κ3) is 4.29. The third-order valence-corrected chi connectivity index (χ3v) is 2.34. The van der Waals surface area contributed by atoms with Crippen LogP contribution in [0.2, 0.25) is 5.02 Å². The second-order valence-electron chi connectivity index (χ2n) is 3.99. The summed E-state index contributed by atoms with van der Waals surface area (Å²) in [6, 6.07) is 4.48. The first-order chi connectivity index (χ1) is 7.49. The molecule has 2 nitrogen and oxygen atoms in total. The molecule has 0 saturated heterocycles. The molecule has 0 bridgehead atoms. The summed E-state index contributed by atoms with van der Waals surface area (Å²) in [5.74, 6) is -0.433. The summed E-state index contributed by atoms with van der Waals surface area (Å²) < 4.78 is 13.3. The summed E-state index contributed by atoms with van der Waals surface area (Å²) in [4.78, 5) is 11.5. The second-order valence-corrected chi connectivity index (χ2v) is 4.42. The highest BCUT2D eigenvalue weighted by atomic mass is 35.5. The lowest BCUT2D eigenvalue weighted by molar-refractivity contribution is -0.117. The Hall–Kier alpha value is -0.930. The number of carbonyl (C=O) groups excluding carboxylic acids is 1. The minimum Gasteiger partial charge on any atom is -0.308 e. The maximum atomic E-state index is 13.3. The zero-order valence-electron chi connectivity index (χ0n) is 9.39. The van der Waals surface area contributed by atoms with E-state index in [-0.39, 0.29) is 30.6 Å². The predicted molar refractivity (Wildman–Crippen MR) is 63.3 cm³/mol. The monoisotopic (exact) mass is 243 g/mol. The number of hydrogen-bond donors (Lipinski definition) is 1. The van der Waals surface area contributed by atoms with E-state index >= 15 is 0 Å². The fourth-order valence-electron chi connectivity index (χ4n) is 1.27. The van der Waals surface area contributed by atoms with Crippen LogP contribution in [0, 0.1) is 5.82 Å². The molecule has 0 fully saturated rings. The molecule has 0 aliphatic heterocycles. The smallest absolute Gasteiger partial charge is 0.151 e. The van der Waals surface area contributed by atoms with Crippen LogP contribution >= 0.6 is 11.6 Å². The first-order valence-electron chi connectivity index (χ1n) is 5.18. The molecule has 0 amide bonds. The molecule has 0 heterocycles. The highest BCUT2D eigenvalue weighted by Crippen LogP contribution is 2.15. The van der Waals surface area contributed by atoms with Gasteiger partial charge in [-0.15, -0.1) is 0 Å². The minimum absolute atomic E-state index is 0.0464. The van der Waals surface area contributed by atoms with Crippen LogP contribution in [-0.4, -0.2) is 18.4 Å². The third-order valence-electron chi connectivity index (χ3n) is 2.10. The molecule has 0 radical (unpaired) electrons. The lowest BCUT2D eigenvalue weighted by atomic mass is 10.1. The molecule has 0 aliphatic carbocycles. The van der Waals surface area contributed by atoms with Gasteiger partial charge in [0.1, 0.15) is 5.82 Å². The molecule has 0 aromatic heterocycles. The average Bonchev–Trinajstić information content (AvgIpc) is 2.20. The van der Waals surface area contributed by atoms with Crippen molar-refractivity contribution in [3.05, 3.63) is 34.6 Å². The van der Waals surface area contributed by atoms with Gasteiger partial charge < -0.3 is 5.32 Å². The van der Waals surface area contributed by atoms with Gasteiger partial charge in [-0.3, -0.25) is 4.79 Å². The number of halogens is 2. The van der Waals surface area contributed by atoms with Crippen molar-refractivity contribution in [2.45, 2.75) is 26.3 Å². The fraction of sp³-hybridized carbons (Fsp3) is 0.417. The highest BCUT2D eigenvalue weighted by Gasteiger charge is 2.09. The van der Waals surface area contributed by atoms with E-state index in [1.807, 2.05) is 13.8 Å². The molecule has 0 saturated carbocycles. The molecule has 4 heteroatoms.